The second-order valence-electron chi connectivity index (χ2n) is 1.95. The third-order valence-corrected chi connectivity index (χ3v) is 1.89. The first-order valence-corrected chi connectivity index (χ1v) is 3.68. The van der Waals surface area contributed by atoms with Crippen LogP contribution in [0.2, 0.25) is 0 Å². The Morgan fingerprint density at radius 1 is 1.60 bits per heavy atom. The van der Waals surface area contributed by atoms with Crippen molar-refractivity contribution < 1.29 is 9.59 Å². The van der Waals surface area contributed by atoms with Crippen LogP contribution in [0.4, 0.5) is 0 Å². The molecule has 1 rings (SSSR count). The standard InChI is InChI=1S/C5H5Cl2NO2/c6-2-8-4(9)1-3(7)5(8)10/h3H,1-2H2. The monoisotopic (exact) mass is 181 g/mol. The molecule has 1 saturated heterocycles. The van der Waals surface area contributed by atoms with Crippen molar-refractivity contribution in [2.75, 3.05) is 6.00 Å². The van der Waals surface area contributed by atoms with Gasteiger partial charge in [0.1, 0.15) is 11.4 Å². The van der Waals surface area contributed by atoms with E-state index in [0.717, 1.165) is 4.90 Å². The largest absolute Gasteiger partial charge is 0.274 e. The molecule has 1 aliphatic rings. The molecule has 1 unspecified atom stereocenters. The van der Waals surface area contributed by atoms with Crippen LogP contribution >= 0.6 is 23.2 Å². The first-order valence-electron chi connectivity index (χ1n) is 2.71. The first kappa shape index (κ1) is 7.82. The number of alkyl halides is 2. The second kappa shape index (κ2) is 2.76. The van der Waals surface area contributed by atoms with Crippen molar-refractivity contribution in [2.24, 2.45) is 0 Å². The van der Waals surface area contributed by atoms with Crippen LogP contribution < -0.4 is 0 Å². The molecule has 0 bridgehead atoms. The maximum Gasteiger partial charge on any atom is 0.248 e. The molecule has 0 aromatic heterocycles. The van der Waals surface area contributed by atoms with E-state index in [4.69, 9.17) is 23.2 Å². The quantitative estimate of drug-likeness (QED) is 0.337. The Bertz CT molecular complexity index is 182. The Morgan fingerprint density at radius 2 is 2.20 bits per heavy atom. The summed E-state index contributed by atoms with van der Waals surface area (Å²) in [5.41, 5.74) is 0. The molecule has 0 spiro atoms. The summed E-state index contributed by atoms with van der Waals surface area (Å²) >= 11 is 10.7. The highest BCUT2D eigenvalue weighted by Crippen LogP contribution is 2.17. The summed E-state index contributed by atoms with van der Waals surface area (Å²) in [6.45, 7) is 0. The second-order valence-corrected chi connectivity index (χ2v) is 2.72. The van der Waals surface area contributed by atoms with Crippen molar-refractivity contribution >= 4 is 35.0 Å². The van der Waals surface area contributed by atoms with E-state index in [0.29, 0.717) is 0 Å². The zero-order chi connectivity index (χ0) is 7.72. The predicted molar refractivity (Wildman–Crippen MR) is 36.8 cm³/mol. The molecular formula is C5H5Cl2NO2. The van der Waals surface area contributed by atoms with Gasteiger partial charge in [0, 0.05) is 0 Å². The molecule has 0 aromatic carbocycles. The van der Waals surface area contributed by atoms with Crippen molar-refractivity contribution in [3.63, 3.8) is 0 Å². The first-order chi connectivity index (χ1) is 4.66. The molecule has 0 saturated carbocycles. The van der Waals surface area contributed by atoms with E-state index in [1.165, 1.54) is 0 Å². The van der Waals surface area contributed by atoms with E-state index in [9.17, 15) is 9.59 Å². The number of likely N-dealkylation sites (tertiary alicyclic amines) is 1. The van der Waals surface area contributed by atoms with Crippen LogP contribution in [0.15, 0.2) is 0 Å². The molecule has 1 fully saturated rings. The number of carbonyl (C=O) groups excluding carboxylic acids is 2. The summed E-state index contributed by atoms with van der Waals surface area (Å²) in [6.07, 6.45) is 0.0765. The fourth-order valence-electron chi connectivity index (χ4n) is 0.768. The molecule has 1 heterocycles. The number of rotatable bonds is 1. The Labute approximate surface area is 67.9 Å². The summed E-state index contributed by atoms with van der Waals surface area (Å²) in [5.74, 6) is -0.679. The smallest absolute Gasteiger partial charge is 0.248 e. The van der Waals surface area contributed by atoms with Gasteiger partial charge in [0.25, 0.3) is 0 Å². The van der Waals surface area contributed by atoms with Gasteiger partial charge < -0.3 is 0 Å². The molecule has 3 nitrogen and oxygen atoms in total. The molecule has 1 atom stereocenters. The van der Waals surface area contributed by atoms with Crippen molar-refractivity contribution in [2.45, 2.75) is 11.8 Å². The average molecular weight is 182 g/mol. The zero-order valence-electron chi connectivity index (χ0n) is 5.01. The molecular weight excluding hydrogens is 177 g/mol. The summed E-state index contributed by atoms with van der Waals surface area (Å²) in [6, 6.07) is -0.0963. The SMILES string of the molecule is O=C1CC(Cl)C(=O)N1CCl. The van der Waals surface area contributed by atoms with Gasteiger partial charge in [-0.15, -0.1) is 23.2 Å². The van der Waals surface area contributed by atoms with Gasteiger partial charge in [0.05, 0.1) is 6.42 Å². The van der Waals surface area contributed by atoms with E-state index in [1.54, 1.807) is 0 Å². The van der Waals surface area contributed by atoms with Crippen molar-refractivity contribution in [3.8, 4) is 0 Å². The zero-order valence-corrected chi connectivity index (χ0v) is 6.52. The molecule has 1 aliphatic heterocycles. The van der Waals surface area contributed by atoms with Crippen LogP contribution in [-0.4, -0.2) is 28.1 Å². The summed E-state index contributed by atoms with van der Waals surface area (Å²) in [7, 11) is 0. The fraction of sp³-hybridized carbons (Fsp3) is 0.600. The van der Waals surface area contributed by atoms with E-state index < -0.39 is 5.38 Å². The van der Waals surface area contributed by atoms with Gasteiger partial charge >= 0.3 is 0 Å². The van der Waals surface area contributed by atoms with Crippen molar-refractivity contribution in [3.05, 3.63) is 0 Å². The summed E-state index contributed by atoms with van der Waals surface area (Å²) in [5, 5.41) is -0.703. The summed E-state index contributed by atoms with van der Waals surface area (Å²) < 4.78 is 0. The van der Waals surface area contributed by atoms with Gasteiger partial charge in [-0.3, -0.25) is 14.5 Å². The number of hydrogen-bond acceptors (Lipinski definition) is 2. The molecule has 0 N–H and O–H groups in total. The van der Waals surface area contributed by atoms with E-state index in [2.05, 4.69) is 0 Å². The van der Waals surface area contributed by atoms with Gasteiger partial charge in [-0.1, -0.05) is 0 Å². The number of halogens is 2. The van der Waals surface area contributed by atoms with Gasteiger partial charge in [-0.25, -0.2) is 0 Å². The van der Waals surface area contributed by atoms with E-state index >= 15 is 0 Å². The molecule has 2 amide bonds. The fourth-order valence-corrected chi connectivity index (χ4v) is 1.27. The van der Waals surface area contributed by atoms with Crippen LogP contribution in [0, 0.1) is 0 Å². The van der Waals surface area contributed by atoms with Crippen molar-refractivity contribution in [1.29, 1.82) is 0 Å². The van der Waals surface area contributed by atoms with Gasteiger partial charge in [0.2, 0.25) is 11.8 Å². The van der Waals surface area contributed by atoms with E-state index in [-0.39, 0.29) is 24.2 Å². The Morgan fingerprint density at radius 3 is 2.40 bits per heavy atom. The highest BCUT2D eigenvalue weighted by atomic mass is 35.5. The lowest BCUT2D eigenvalue weighted by molar-refractivity contribution is -0.137. The Balaban J connectivity index is 2.74. The summed E-state index contributed by atoms with van der Waals surface area (Å²) in [4.78, 5) is 22.5. The molecule has 10 heavy (non-hydrogen) atoms. The van der Waals surface area contributed by atoms with Crippen LogP contribution in [0.25, 0.3) is 0 Å². The topological polar surface area (TPSA) is 37.4 Å². The van der Waals surface area contributed by atoms with Gasteiger partial charge in [-0.2, -0.15) is 0 Å². The minimum absolute atomic E-state index is 0.0765. The minimum atomic E-state index is -0.703. The maximum atomic E-state index is 10.8. The van der Waals surface area contributed by atoms with Gasteiger partial charge in [0.15, 0.2) is 0 Å². The lowest BCUT2D eigenvalue weighted by Crippen LogP contribution is -2.29. The van der Waals surface area contributed by atoms with E-state index in [1.807, 2.05) is 0 Å². The minimum Gasteiger partial charge on any atom is -0.274 e. The molecule has 5 heteroatoms. The molecule has 0 aromatic rings. The van der Waals surface area contributed by atoms with Crippen LogP contribution in [0.1, 0.15) is 6.42 Å². The molecule has 56 valence electrons. The average Bonchev–Trinajstić information content (AvgIpc) is 2.09. The van der Waals surface area contributed by atoms with Crippen LogP contribution in [-0.2, 0) is 9.59 Å². The molecule has 0 aliphatic carbocycles. The number of nitrogens with zero attached hydrogens (tertiary/aromatic N) is 1. The van der Waals surface area contributed by atoms with Gasteiger partial charge in [-0.05, 0) is 0 Å². The lowest BCUT2D eigenvalue weighted by Gasteiger charge is -2.07. The molecule has 0 radical (unpaired) electrons. The number of amides is 2. The predicted octanol–water partition coefficient (Wildman–Crippen LogP) is 0.549. The Hall–Kier alpha value is -0.280. The highest BCUT2D eigenvalue weighted by molar-refractivity contribution is 6.36. The lowest BCUT2D eigenvalue weighted by atomic mass is 10.4. The third-order valence-electron chi connectivity index (χ3n) is 1.31. The number of carbonyl (C=O) groups is 2. The number of imide groups is 1. The van der Waals surface area contributed by atoms with Crippen LogP contribution in [0.5, 0.6) is 0 Å². The van der Waals surface area contributed by atoms with Crippen molar-refractivity contribution in [1.82, 2.24) is 4.90 Å². The number of hydrogen-bond donors (Lipinski definition) is 0. The highest BCUT2D eigenvalue weighted by Gasteiger charge is 2.36. The van der Waals surface area contributed by atoms with Crippen LogP contribution in [0.3, 0.4) is 0 Å². The maximum absolute atomic E-state index is 10.8. The Kier molecular flexibility index (Phi) is 2.16. The normalized spacial score (nSPS) is 26.2. The third kappa shape index (κ3) is 1.11.